The molecule has 8 N–H and O–H groups in total. The monoisotopic (exact) mass is 1100 g/mol. The Labute approximate surface area is 470 Å². The van der Waals surface area contributed by atoms with Crippen LogP contribution in [0.5, 0.6) is 11.5 Å². The van der Waals surface area contributed by atoms with Crippen molar-refractivity contribution < 1.29 is 33.1 Å². The summed E-state index contributed by atoms with van der Waals surface area (Å²) in [5.41, 5.74) is 23.6. The number of guanidine groups is 3. The van der Waals surface area contributed by atoms with E-state index in [0.29, 0.717) is 61.7 Å². The largest absolute Gasteiger partial charge is 0.508 e. The molecule has 0 aromatic heterocycles. The number of hydrogen-bond donors (Lipinski definition) is 5. The second-order valence-corrected chi connectivity index (χ2v) is 20.8. The van der Waals surface area contributed by atoms with Crippen LogP contribution in [0.2, 0.25) is 0 Å². The number of amides is 3. The average molecular weight is 1100 g/mol. The predicted octanol–water partition coefficient (Wildman–Crippen LogP) is 9.61. The number of nitrogens with zero attached hydrogens (tertiary/aromatic N) is 7. The van der Waals surface area contributed by atoms with Crippen molar-refractivity contribution in [3.8, 4) is 33.8 Å². The molecule has 2 atom stereocenters. The van der Waals surface area contributed by atoms with Crippen LogP contribution < -0.4 is 27.3 Å². The van der Waals surface area contributed by atoms with E-state index in [2.05, 4.69) is 21.4 Å². The van der Waals surface area contributed by atoms with E-state index in [1.165, 1.54) is 11.1 Å². The Kier molecular flexibility index (Phi) is 16.7. The Morgan fingerprint density at radius 2 is 1.20 bits per heavy atom. The Bertz CT molecular complexity index is 3450. The van der Waals surface area contributed by atoms with Crippen LogP contribution in [-0.4, -0.2) is 109 Å². The van der Waals surface area contributed by atoms with Gasteiger partial charge in [-0.25, -0.2) is 33.6 Å². The molecular formula is C63H67F2N11O5. The quantitative estimate of drug-likeness (QED) is 0.0875. The fraction of sp³-hybridized carbons (Fsp3) is 0.254. The molecule has 0 aliphatic carbocycles. The summed E-state index contributed by atoms with van der Waals surface area (Å²) in [6.07, 6.45) is 1.53. The van der Waals surface area contributed by atoms with Crippen LogP contribution in [0.3, 0.4) is 0 Å². The van der Waals surface area contributed by atoms with Gasteiger partial charge in [0.25, 0.3) is 5.91 Å². The Hall–Kier alpha value is -9.29. The molecular weight excluding hydrogens is 1030 g/mol. The number of phenols is 1. The maximum absolute atomic E-state index is 14.0. The second kappa shape index (κ2) is 24.0. The van der Waals surface area contributed by atoms with E-state index in [1.807, 2.05) is 165 Å². The average Bonchev–Trinajstić information content (AvgIpc) is 3.97. The highest BCUT2D eigenvalue weighted by molar-refractivity contribution is 6.09. The van der Waals surface area contributed by atoms with E-state index in [0.717, 1.165) is 57.9 Å². The van der Waals surface area contributed by atoms with Gasteiger partial charge < -0.3 is 42.2 Å². The highest BCUT2D eigenvalue weighted by Gasteiger charge is 2.51. The number of hydroxylamine groups is 2. The van der Waals surface area contributed by atoms with Gasteiger partial charge in [0.2, 0.25) is 5.96 Å². The number of benzene rings is 7. The molecule has 7 aromatic carbocycles. The fourth-order valence-corrected chi connectivity index (χ4v) is 10.5. The molecule has 3 amide bonds. The van der Waals surface area contributed by atoms with Gasteiger partial charge in [-0.1, -0.05) is 127 Å². The number of halogens is 2. The van der Waals surface area contributed by atoms with Crippen molar-refractivity contribution in [1.29, 1.82) is 0 Å². The standard InChI is InChI=1S/C29H31N5O3.C17H17F2N3.C17H19N3O2/c1-37-25-15-9-8-14-24(25)31-28(36)33-18-16-21(17-19-33)20-34-26(35)29(32-27(34)30,22-10-4-2-5-11-22)23-12-6-3-7-13-23;1-17(10-22(2)16(20)21-17)13-5-3-4-11(8-13)12-6-7-14(18)15(19)9-12;1-17(11-22-20(2)16(18)19-17)14-7-3-5-12(9-14)13-6-4-8-15(21)10-13/h2-15,21H,16-20H2,1H3,(H2,30,32)(H,31,36);3-9H,10H2,1-2H3,(H2,20,21);3-10,21H,11H2,1-2H3,(H2,18,19). The first-order valence-corrected chi connectivity index (χ1v) is 26.6. The minimum atomic E-state index is -1.19. The predicted molar refractivity (Wildman–Crippen MR) is 313 cm³/mol. The number of anilines is 1. The number of carbonyl (C=O) groups is 2. The number of likely N-dealkylation sites (tertiary alicyclic amines) is 1. The number of para-hydroxylation sites is 2. The summed E-state index contributed by atoms with van der Waals surface area (Å²) < 4.78 is 31.8. The molecule has 1 saturated heterocycles. The number of aromatic hydroxyl groups is 1. The Morgan fingerprint density at radius 1 is 0.654 bits per heavy atom. The number of urea groups is 1. The van der Waals surface area contributed by atoms with Gasteiger partial charge in [0, 0.05) is 40.3 Å². The van der Waals surface area contributed by atoms with Crippen LogP contribution in [0.4, 0.5) is 19.3 Å². The maximum Gasteiger partial charge on any atom is 0.321 e. The molecule has 0 saturated carbocycles. The van der Waals surface area contributed by atoms with Crippen molar-refractivity contribution in [2.45, 2.75) is 43.3 Å². The number of rotatable bonds is 10. The van der Waals surface area contributed by atoms with Gasteiger partial charge in [-0.15, -0.1) is 0 Å². The number of ether oxygens (including phenoxy) is 1. The lowest BCUT2D eigenvalue weighted by Gasteiger charge is -2.34. The van der Waals surface area contributed by atoms with Crippen molar-refractivity contribution in [2.24, 2.45) is 38.1 Å². The number of phenolic OH excluding ortho intramolecular Hbond substituents is 1. The molecule has 0 bridgehead atoms. The van der Waals surface area contributed by atoms with Gasteiger partial charge in [0.05, 0.1) is 12.8 Å². The molecule has 4 heterocycles. The molecule has 418 valence electrons. The zero-order chi connectivity index (χ0) is 57.5. The minimum absolute atomic E-state index is 0.140. The first kappa shape index (κ1) is 56.4. The highest BCUT2D eigenvalue weighted by atomic mass is 19.2. The number of aliphatic imine (C=N–C) groups is 3. The van der Waals surface area contributed by atoms with Crippen LogP contribution in [0.15, 0.2) is 191 Å². The second-order valence-electron chi connectivity index (χ2n) is 20.8. The maximum atomic E-state index is 14.0. The number of methoxy groups -OCH3 is 1. The lowest BCUT2D eigenvalue weighted by Crippen LogP contribution is -2.48. The van der Waals surface area contributed by atoms with Crippen LogP contribution in [0.25, 0.3) is 22.3 Å². The molecule has 18 heteroatoms. The van der Waals surface area contributed by atoms with E-state index in [-0.39, 0.29) is 29.6 Å². The van der Waals surface area contributed by atoms with Gasteiger partial charge >= 0.3 is 6.03 Å². The number of nitrogens with one attached hydrogen (secondary N) is 1. The number of piperidine rings is 1. The number of hydrogen-bond acceptors (Lipinski definition) is 13. The first-order chi connectivity index (χ1) is 38.9. The minimum Gasteiger partial charge on any atom is -0.508 e. The third-order valence-corrected chi connectivity index (χ3v) is 15.1. The van der Waals surface area contributed by atoms with Crippen molar-refractivity contribution in [2.75, 3.05) is 59.3 Å². The molecule has 4 aliphatic heterocycles. The highest BCUT2D eigenvalue weighted by Crippen LogP contribution is 2.41. The molecule has 0 radical (unpaired) electrons. The topological polar surface area (TPSA) is 213 Å². The smallest absolute Gasteiger partial charge is 0.321 e. The van der Waals surface area contributed by atoms with Crippen LogP contribution in [0.1, 0.15) is 48.9 Å². The van der Waals surface area contributed by atoms with Gasteiger partial charge in [-0.05, 0) is 126 Å². The van der Waals surface area contributed by atoms with Gasteiger partial charge in [-0.3, -0.25) is 14.5 Å². The van der Waals surface area contributed by atoms with Crippen molar-refractivity contribution in [3.63, 3.8) is 0 Å². The fourth-order valence-electron chi connectivity index (χ4n) is 10.5. The van der Waals surface area contributed by atoms with E-state index in [9.17, 15) is 23.5 Å². The summed E-state index contributed by atoms with van der Waals surface area (Å²) in [5, 5.41) is 14.1. The van der Waals surface area contributed by atoms with Crippen LogP contribution in [0, 0.1) is 17.6 Å². The van der Waals surface area contributed by atoms with Crippen LogP contribution in [-0.2, 0) is 26.2 Å². The number of nitrogens with two attached hydrogens (primary N) is 3. The van der Waals surface area contributed by atoms with Crippen molar-refractivity contribution in [3.05, 3.63) is 210 Å². The zero-order valence-corrected chi connectivity index (χ0v) is 46.0. The third-order valence-electron chi connectivity index (χ3n) is 15.1. The molecule has 11 rings (SSSR count). The summed E-state index contributed by atoms with van der Waals surface area (Å²) in [6, 6.07) is 53.2. The number of likely N-dealkylation sites (N-methyl/N-ethyl adjacent to an activating group) is 1. The van der Waals surface area contributed by atoms with E-state index in [1.54, 1.807) is 42.2 Å². The summed E-state index contributed by atoms with van der Waals surface area (Å²) in [5.74, 6) is 0.325. The molecule has 1 fully saturated rings. The molecule has 0 spiro atoms. The van der Waals surface area contributed by atoms with E-state index in [4.69, 9.17) is 31.8 Å². The molecule has 7 aromatic rings. The molecule has 16 nitrogen and oxygen atoms in total. The zero-order valence-electron chi connectivity index (χ0n) is 46.0. The van der Waals surface area contributed by atoms with Gasteiger partial charge in [-0.2, -0.15) is 0 Å². The molecule has 81 heavy (non-hydrogen) atoms. The van der Waals surface area contributed by atoms with Crippen molar-refractivity contribution in [1.82, 2.24) is 19.8 Å². The summed E-state index contributed by atoms with van der Waals surface area (Å²) in [7, 11) is 5.21. The van der Waals surface area contributed by atoms with Crippen LogP contribution >= 0.6 is 0 Å². The van der Waals surface area contributed by atoms with E-state index < -0.39 is 28.3 Å². The SMILES string of the molecule is CN1CC(C)(c2cccc(-c3ccc(F)c(F)c3)c2)N=C1N.CN1OCC(C)(c2cccc(-c3cccc(O)c3)c2)N=C1N.COc1ccccc1NC(=O)N1CCC(CN2C(=O)C(c3ccccc3)(c3ccccc3)N=C2N)CC1. The lowest BCUT2D eigenvalue weighted by molar-refractivity contribution is -0.130. The number of carbonyl (C=O) groups excluding carboxylic acids is 2. The lowest BCUT2D eigenvalue weighted by atomic mass is 9.82. The normalized spacial score (nSPS) is 19.5. The Morgan fingerprint density at radius 3 is 1.77 bits per heavy atom. The van der Waals surface area contributed by atoms with E-state index >= 15 is 0 Å². The summed E-state index contributed by atoms with van der Waals surface area (Å²) >= 11 is 0. The van der Waals surface area contributed by atoms with Gasteiger partial charge in [0.15, 0.2) is 29.1 Å². The van der Waals surface area contributed by atoms with Gasteiger partial charge in [0.1, 0.15) is 29.2 Å². The first-order valence-electron chi connectivity index (χ1n) is 26.6. The molecule has 4 aliphatic rings. The Balaban J connectivity index is 0.000000155. The third kappa shape index (κ3) is 12.3. The van der Waals surface area contributed by atoms with Crippen molar-refractivity contribution >= 4 is 35.5 Å². The summed E-state index contributed by atoms with van der Waals surface area (Å²) in [6.45, 7) is 6.76. The summed E-state index contributed by atoms with van der Waals surface area (Å²) in [4.78, 5) is 51.6. The molecule has 2 unspecified atom stereocenters.